The minimum atomic E-state index is -0.552. The number of carbonyl (C=O) groups is 1. The highest BCUT2D eigenvalue weighted by Gasteiger charge is 2.15. The first-order chi connectivity index (χ1) is 12.0. The summed E-state index contributed by atoms with van der Waals surface area (Å²) in [6.45, 7) is 1.68. The third-order valence-electron chi connectivity index (χ3n) is 3.16. The van der Waals surface area contributed by atoms with Gasteiger partial charge in [-0.25, -0.2) is 4.98 Å². The van der Waals surface area contributed by atoms with Crippen LogP contribution in [0.5, 0.6) is 5.75 Å². The number of hydrogen-bond donors (Lipinski definition) is 1. The number of aryl methyl sites for hydroxylation is 1. The summed E-state index contributed by atoms with van der Waals surface area (Å²) in [4.78, 5) is 28.9. The Hall–Kier alpha value is -2.78. The number of carbonyl (C=O) groups excluding carboxylic acids is 1. The van der Waals surface area contributed by atoms with Gasteiger partial charge in [0.05, 0.1) is 15.5 Å². The van der Waals surface area contributed by atoms with Crippen molar-refractivity contribution >= 4 is 39.4 Å². The molecule has 0 bridgehead atoms. The van der Waals surface area contributed by atoms with Crippen molar-refractivity contribution in [2.75, 3.05) is 11.9 Å². The molecule has 2 heterocycles. The third-order valence-corrected chi connectivity index (χ3v) is 4.94. The van der Waals surface area contributed by atoms with E-state index in [1.165, 1.54) is 34.4 Å². The Morgan fingerprint density at radius 2 is 2.12 bits per heavy atom. The molecule has 0 saturated carbocycles. The number of nitro benzene ring substituents is 1. The summed E-state index contributed by atoms with van der Waals surface area (Å²) in [5.41, 5.74) is 0.623. The topological polar surface area (TPSA) is 94.4 Å². The van der Waals surface area contributed by atoms with E-state index in [1.54, 1.807) is 17.4 Å². The highest BCUT2D eigenvalue weighted by Crippen LogP contribution is 2.30. The Morgan fingerprint density at radius 1 is 1.32 bits per heavy atom. The summed E-state index contributed by atoms with van der Waals surface area (Å²) in [7, 11) is 0. The van der Waals surface area contributed by atoms with Gasteiger partial charge in [0.1, 0.15) is 0 Å². The number of anilines is 1. The lowest BCUT2D eigenvalue weighted by Gasteiger charge is -2.06. The van der Waals surface area contributed by atoms with Crippen LogP contribution in [0.25, 0.3) is 10.6 Å². The minimum absolute atomic E-state index is 0.0524. The molecule has 0 atom stereocenters. The van der Waals surface area contributed by atoms with E-state index in [1.807, 2.05) is 24.4 Å². The van der Waals surface area contributed by atoms with Crippen LogP contribution in [-0.2, 0) is 4.79 Å². The highest BCUT2D eigenvalue weighted by molar-refractivity contribution is 7.17. The Labute approximate surface area is 151 Å². The van der Waals surface area contributed by atoms with Crippen molar-refractivity contribution in [1.29, 1.82) is 0 Å². The van der Waals surface area contributed by atoms with Crippen molar-refractivity contribution in [1.82, 2.24) is 4.98 Å². The number of benzene rings is 1. The van der Waals surface area contributed by atoms with Gasteiger partial charge in [-0.05, 0) is 25.1 Å². The van der Waals surface area contributed by atoms with Crippen molar-refractivity contribution in [2.45, 2.75) is 6.92 Å². The zero-order valence-electron chi connectivity index (χ0n) is 13.1. The SMILES string of the molecule is Cc1ccc(-c2csc(NC(=O)COc3ccccc3[N+](=O)[O-])n2)s1. The van der Waals surface area contributed by atoms with Gasteiger partial charge >= 0.3 is 5.69 Å². The van der Waals surface area contributed by atoms with E-state index >= 15 is 0 Å². The first kappa shape index (κ1) is 17.1. The minimum Gasteiger partial charge on any atom is -0.477 e. The van der Waals surface area contributed by atoms with Crippen LogP contribution in [0.15, 0.2) is 41.8 Å². The zero-order valence-corrected chi connectivity index (χ0v) is 14.7. The highest BCUT2D eigenvalue weighted by atomic mass is 32.1. The number of thiophene rings is 1. The number of nitrogens with zero attached hydrogens (tertiary/aromatic N) is 2. The van der Waals surface area contributed by atoms with E-state index in [4.69, 9.17) is 4.74 Å². The fourth-order valence-electron chi connectivity index (χ4n) is 2.05. The van der Waals surface area contributed by atoms with E-state index in [2.05, 4.69) is 10.3 Å². The van der Waals surface area contributed by atoms with E-state index in [9.17, 15) is 14.9 Å². The van der Waals surface area contributed by atoms with Crippen LogP contribution in [0.2, 0.25) is 0 Å². The molecule has 0 radical (unpaired) electrons. The number of ether oxygens (including phenoxy) is 1. The normalized spacial score (nSPS) is 10.4. The zero-order chi connectivity index (χ0) is 17.8. The van der Waals surface area contributed by atoms with Crippen molar-refractivity contribution in [2.24, 2.45) is 0 Å². The molecule has 3 aromatic rings. The van der Waals surface area contributed by atoms with Crippen molar-refractivity contribution < 1.29 is 14.5 Å². The fraction of sp³-hybridized carbons (Fsp3) is 0.125. The Bertz CT molecular complexity index is 920. The van der Waals surface area contributed by atoms with E-state index in [0.717, 1.165) is 10.6 Å². The number of para-hydroxylation sites is 2. The molecule has 9 heteroatoms. The second-order valence-electron chi connectivity index (χ2n) is 5.01. The molecule has 0 aliphatic carbocycles. The Balaban J connectivity index is 1.60. The molecule has 3 rings (SSSR count). The number of nitro groups is 1. The van der Waals surface area contributed by atoms with E-state index in [0.29, 0.717) is 5.13 Å². The molecule has 0 aliphatic rings. The van der Waals surface area contributed by atoms with Crippen molar-refractivity contribution in [3.8, 4) is 16.3 Å². The molecule has 2 aromatic heterocycles. The Kier molecular flexibility index (Phi) is 5.05. The number of rotatable bonds is 6. The van der Waals surface area contributed by atoms with Gasteiger partial charge in [0.25, 0.3) is 5.91 Å². The van der Waals surface area contributed by atoms with Gasteiger partial charge in [-0.2, -0.15) is 0 Å². The number of hydrogen-bond acceptors (Lipinski definition) is 7. The molecule has 128 valence electrons. The summed E-state index contributed by atoms with van der Waals surface area (Å²) >= 11 is 2.94. The molecule has 25 heavy (non-hydrogen) atoms. The van der Waals surface area contributed by atoms with Crippen LogP contribution in [0.4, 0.5) is 10.8 Å². The molecular weight excluding hydrogens is 362 g/mol. The fourth-order valence-corrected chi connectivity index (χ4v) is 3.67. The molecule has 1 amide bonds. The molecule has 7 nitrogen and oxygen atoms in total. The van der Waals surface area contributed by atoms with Gasteiger partial charge in [-0.15, -0.1) is 22.7 Å². The van der Waals surface area contributed by atoms with Gasteiger partial charge in [-0.1, -0.05) is 12.1 Å². The van der Waals surface area contributed by atoms with Gasteiger partial charge in [0.15, 0.2) is 17.5 Å². The first-order valence-electron chi connectivity index (χ1n) is 7.21. The lowest BCUT2D eigenvalue weighted by Crippen LogP contribution is -2.20. The van der Waals surface area contributed by atoms with Gasteiger partial charge in [0, 0.05) is 16.3 Å². The quantitative estimate of drug-likeness (QED) is 0.517. The number of amides is 1. The van der Waals surface area contributed by atoms with Crippen LogP contribution in [0, 0.1) is 17.0 Å². The standard InChI is InChI=1S/C16H13N3O4S2/c1-10-6-7-14(25-10)11-9-24-16(17-11)18-15(20)8-23-13-5-3-2-4-12(13)19(21)22/h2-7,9H,8H2,1H3,(H,17,18,20). The molecule has 0 fully saturated rings. The average Bonchev–Trinajstić information content (AvgIpc) is 3.22. The summed E-state index contributed by atoms with van der Waals surface area (Å²) in [5, 5.41) is 15.9. The van der Waals surface area contributed by atoms with E-state index in [-0.39, 0.29) is 18.0 Å². The summed E-state index contributed by atoms with van der Waals surface area (Å²) < 4.78 is 5.25. The van der Waals surface area contributed by atoms with Gasteiger partial charge in [-0.3, -0.25) is 20.2 Å². The molecule has 0 spiro atoms. The van der Waals surface area contributed by atoms with Gasteiger partial charge < -0.3 is 4.74 Å². The average molecular weight is 375 g/mol. The predicted octanol–water partition coefficient (Wildman–Crippen LogP) is 4.11. The molecule has 0 saturated heterocycles. The molecule has 1 aromatic carbocycles. The van der Waals surface area contributed by atoms with Crippen LogP contribution < -0.4 is 10.1 Å². The van der Waals surface area contributed by atoms with Crippen molar-refractivity contribution in [3.63, 3.8) is 0 Å². The largest absolute Gasteiger partial charge is 0.477 e. The van der Waals surface area contributed by atoms with Gasteiger partial charge in [0.2, 0.25) is 0 Å². The smallest absolute Gasteiger partial charge is 0.310 e. The second kappa shape index (κ2) is 7.41. The van der Waals surface area contributed by atoms with Crippen molar-refractivity contribution in [3.05, 3.63) is 56.8 Å². The molecule has 0 unspecified atom stereocenters. The molecule has 0 aliphatic heterocycles. The Morgan fingerprint density at radius 3 is 2.84 bits per heavy atom. The van der Waals surface area contributed by atoms with E-state index < -0.39 is 10.8 Å². The first-order valence-corrected chi connectivity index (χ1v) is 8.91. The summed E-state index contributed by atoms with van der Waals surface area (Å²) in [5.74, 6) is -0.377. The maximum Gasteiger partial charge on any atom is 0.310 e. The molecular formula is C16H13N3O4S2. The maximum atomic E-state index is 12.0. The number of thiazole rings is 1. The number of aromatic nitrogens is 1. The van der Waals surface area contributed by atoms with Crippen LogP contribution in [-0.4, -0.2) is 22.4 Å². The van der Waals surface area contributed by atoms with Crippen LogP contribution in [0.1, 0.15) is 4.88 Å². The second-order valence-corrected chi connectivity index (χ2v) is 7.16. The lowest BCUT2D eigenvalue weighted by atomic mass is 10.3. The van der Waals surface area contributed by atoms with Crippen LogP contribution >= 0.6 is 22.7 Å². The summed E-state index contributed by atoms with van der Waals surface area (Å²) in [6.07, 6.45) is 0. The van der Waals surface area contributed by atoms with Crippen LogP contribution in [0.3, 0.4) is 0 Å². The molecule has 1 N–H and O–H groups in total. The monoisotopic (exact) mass is 375 g/mol. The summed E-state index contributed by atoms with van der Waals surface area (Å²) in [6, 6.07) is 9.91. The predicted molar refractivity (Wildman–Crippen MR) is 97.4 cm³/mol. The maximum absolute atomic E-state index is 12.0. The number of nitrogens with one attached hydrogen (secondary N) is 1. The third kappa shape index (κ3) is 4.20. The lowest BCUT2D eigenvalue weighted by molar-refractivity contribution is -0.385.